The zero-order chi connectivity index (χ0) is 15.5. The molecule has 1 saturated heterocycles. The number of hydrogen-bond donors (Lipinski definition) is 2. The van der Waals surface area contributed by atoms with E-state index in [4.69, 9.17) is 0 Å². The molecule has 0 aliphatic carbocycles. The van der Waals surface area contributed by atoms with Gasteiger partial charge in [-0.1, -0.05) is 0 Å². The molecule has 1 aromatic carbocycles. The van der Waals surface area contributed by atoms with Gasteiger partial charge in [-0.05, 0) is 51.0 Å². The molecule has 0 spiro atoms. The molecule has 1 aliphatic rings. The van der Waals surface area contributed by atoms with E-state index in [1.54, 1.807) is 38.1 Å². The molecule has 1 heterocycles. The molecule has 1 fully saturated rings. The van der Waals surface area contributed by atoms with Gasteiger partial charge in [0.25, 0.3) is 0 Å². The molecule has 0 unspecified atom stereocenters. The van der Waals surface area contributed by atoms with Crippen molar-refractivity contribution in [3.63, 3.8) is 0 Å². The Bertz CT molecular complexity index is 587. The topological polar surface area (TPSA) is 75.3 Å². The molecule has 0 bridgehead atoms. The third-order valence-electron chi connectivity index (χ3n) is 3.31. The molecule has 5 nitrogen and oxygen atoms in total. The summed E-state index contributed by atoms with van der Waals surface area (Å²) in [4.78, 5) is 0.270. The van der Waals surface area contributed by atoms with E-state index in [1.165, 1.54) is 0 Å². The molecular weight excluding hydrogens is 308 g/mol. The van der Waals surface area contributed by atoms with E-state index in [0.717, 1.165) is 30.0 Å². The summed E-state index contributed by atoms with van der Waals surface area (Å²) in [6.45, 7) is 3.58. The van der Waals surface area contributed by atoms with Crippen molar-refractivity contribution >= 4 is 26.5 Å². The second kappa shape index (κ2) is 6.89. The third-order valence-corrected chi connectivity index (χ3v) is 6.37. The monoisotopic (exact) mass is 330 g/mol. The molecule has 2 rings (SSSR count). The summed E-state index contributed by atoms with van der Waals surface area (Å²) in [6, 6.07) is 6.96. The second-order valence-corrected chi connectivity index (χ2v) is 8.98. The van der Waals surface area contributed by atoms with Crippen LogP contribution in [0.2, 0.25) is 0 Å². The average Bonchev–Trinajstić information content (AvgIpc) is 2.41. The lowest BCUT2D eigenvalue weighted by Crippen LogP contribution is -2.30. The van der Waals surface area contributed by atoms with Crippen LogP contribution in [-0.4, -0.2) is 36.2 Å². The Balaban J connectivity index is 2.00. The first kappa shape index (κ1) is 16.5. The highest BCUT2D eigenvalue weighted by molar-refractivity contribution is 7.89. The van der Waals surface area contributed by atoms with Crippen molar-refractivity contribution in [1.82, 2.24) is 4.72 Å². The van der Waals surface area contributed by atoms with E-state index < -0.39 is 20.8 Å². The van der Waals surface area contributed by atoms with Gasteiger partial charge in [-0.25, -0.2) is 13.1 Å². The summed E-state index contributed by atoms with van der Waals surface area (Å²) in [5.41, 5.74) is 0.899. The number of sulfonamides is 1. The minimum atomic E-state index is -3.43. The Morgan fingerprint density at radius 1 is 1.14 bits per heavy atom. The standard InChI is InChI=1S/C14H22N2O3S2/c1-11(2)16-21(18,19)14-5-3-12(4-6-14)15-13-7-9-20(17)10-8-13/h3-6,11,13,15-16H,7-10H2,1-2H3. The third kappa shape index (κ3) is 4.79. The maximum absolute atomic E-state index is 12.0. The van der Waals surface area contributed by atoms with E-state index in [0.29, 0.717) is 6.04 Å². The summed E-state index contributed by atoms with van der Waals surface area (Å²) in [6.07, 6.45) is 1.78. The Morgan fingerprint density at radius 3 is 2.24 bits per heavy atom. The SMILES string of the molecule is CC(C)NS(=O)(=O)c1ccc(NC2CCS(=O)CC2)cc1. The van der Waals surface area contributed by atoms with Gasteiger partial charge in [0.1, 0.15) is 0 Å². The van der Waals surface area contributed by atoms with E-state index >= 15 is 0 Å². The van der Waals surface area contributed by atoms with Crippen LogP contribution in [0.25, 0.3) is 0 Å². The van der Waals surface area contributed by atoms with E-state index in [9.17, 15) is 12.6 Å². The summed E-state index contributed by atoms with van der Waals surface area (Å²) in [5.74, 6) is 1.48. The van der Waals surface area contributed by atoms with Gasteiger partial charge in [0.05, 0.1) is 4.90 Å². The molecule has 2 N–H and O–H groups in total. The molecule has 0 atom stereocenters. The smallest absolute Gasteiger partial charge is 0.240 e. The van der Waals surface area contributed by atoms with Crippen LogP contribution in [0.1, 0.15) is 26.7 Å². The molecule has 118 valence electrons. The maximum atomic E-state index is 12.0. The second-order valence-electron chi connectivity index (χ2n) is 5.57. The first-order valence-electron chi connectivity index (χ1n) is 7.11. The summed E-state index contributed by atoms with van der Waals surface area (Å²) in [7, 11) is -4.10. The van der Waals surface area contributed by atoms with Gasteiger partial charge < -0.3 is 5.32 Å². The highest BCUT2D eigenvalue weighted by Crippen LogP contribution is 2.18. The Hall–Kier alpha value is -0.920. The number of hydrogen-bond acceptors (Lipinski definition) is 4. The van der Waals surface area contributed by atoms with Crippen molar-refractivity contribution in [2.45, 2.75) is 43.7 Å². The van der Waals surface area contributed by atoms with Crippen LogP contribution in [0.3, 0.4) is 0 Å². The molecule has 0 radical (unpaired) electrons. The zero-order valence-electron chi connectivity index (χ0n) is 12.3. The largest absolute Gasteiger partial charge is 0.382 e. The number of rotatable bonds is 5. The van der Waals surface area contributed by atoms with Crippen molar-refractivity contribution < 1.29 is 12.6 Å². The quantitative estimate of drug-likeness (QED) is 0.861. The van der Waals surface area contributed by atoms with Crippen molar-refractivity contribution in [2.24, 2.45) is 0 Å². The van der Waals surface area contributed by atoms with Crippen LogP contribution in [0.15, 0.2) is 29.2 Å². The zero-order valence-corrected chi connectivity index (χ0v) is 14.0. The summed E-state index contributed by atoms with van der Waals surface area (Å²) in [5, 5.41) is 3.37. The first-order valence-corrected chi connectivity index (χ1v) is 10.1. The average molecular weight is 330 g/mol. The lowest BCUT2D eigenvalue weighted by atomic mass is 10.1. The highest BCUT2D eigenvalue weighted by atomic mass is 32.2. The van der Waals surface area contributed by atoms with Crippen molar-refractivity contribution in [3.05, 3.63) is 24.3 Å². The van der Waals surface area contributed by atoms with Gasteiger partial charge in [0, 0.05) is 40.1 Å². The van der Waals surface area contributed by atoms with Gasteiger partial charge in [-0.15, -0.1) is 0 Å². The minimum Gasteiger partial charge on any atom is -0.382 e. The highest BCUT2D eigenvalue weighted by Gasteiger charge is 2.18. The lowest BCUT2D eigenvalue weighted by molar-refractivity contribution is 0.570. The lowest BCUT2D eigenvalue weighted by Gasteiger charge is -2.23. The van der Waals surface area contributed by atoms with Crippen molar-refractivity contribution in [1.29, 1.82) is 0 Å². The van der Waals surface area contributed by atoms with Crippen LogP contribution in [0.4, 0.5) is 5.69 Å². The van der Waals surface area contributed by atoms with Crippen LogP contribution in [-0.2, 0) is 20.8 Å². The Labute approximate surface area is 129 Å². The van der Waals surface area contributed by atoms with Gasteiger partial charge in [-0.3, -0.25) is 4.21 Å². The normalized spacial score (nSPS) is 23.2. The van der Waals surface area contributed by atoms with Gasteiger partial charge in [0.2, 0.25) is 10.0 Å². The minimum absolute atomic E-state index is 0.129. The maximum Gasteiger partial charge on any atom is 0.240 e. The number of anilines is 1. The van der Waals surface area contributed by atoms with Crippen molar-refractivity contribution in [3.8, 4) is 0 Å². The summed E-state index contributed by atoms with van der Waals surface area (Å²) >= 11 is 0. The summed E-state index contributed by atoms with van der Waals surface area (Å²) < 4.78 is 37.9. The van der Waals surface area contributed by atoms with Crippen LogP contribution >= 0.6 is 0 Å². The predicted octanol–water partition coefficient (Wildman–Crippen LogP) is 1.70. The first-order chi connectivity index (χ1) is 9.87. The van der Waals surface area contributed by atoms with Crippen LogP contribution in [0, 0.1) is 0 Å². The van der Waals surface area contributed by atoms with Gasteiger partial charge in [0.15, 0.2) is 0 Å². The van der Waals surface area contributed by atoms with Gasteiger partial charge in [-0.2, -0.15) is 0 Å². The van der Waals surface area contributed by atoms with E-state index in [2.05, 4.69) is 10.0 Å². The van der Waals surface area contributed by atoms with E-state index in [1.807, 2.05) is 0 Å². The molecule has 21 heavy (non-hydrogen) atoms. The fourth-order valence-electron chi connectivity index (χ4n) is 2.28. The molecule has 0 amide bonds. The van der Waals surface area contributed by atoms with Crippen molar-refractivity contribution in [2.75, 3.05) is 16.8 Å². The fourth-order valence-corrected chi connectivity index (χ4v) is 4.83. The van der Waals surface area contributed by atoms with Gasteiger partial charge >= 0.3 is 0 Å². The molecule has 1 aromatic rings. The van der Waals surface area contributed by atoms with Crippen LogP contribution in [0.5, 0.6) is 0 Å². The van der Waals surface area contributed by atoms with Crippen LogP contribution < -0.4 is 10.0 Å². The number of nitrogens with one attached hydrogen (secondary N) is 2. The molecule has 0 saturated carbocycles. The Kier molecular flexibility index (Phi) is 5.40. The van der Waals surface area contributed by atoms with E-state index in [-0.39, 0.29) is 10.9 Å². The molecule has 7 heteroatoms. The molecule has 0 aromatic heterocycles. The fraction of sp³-hybridized carbons (Fsp3) is 0.571. The number of benzene rings is 1. The Morgan fingerprint density at radius 2 is 1.71 bits per heavy atom. The molecular formula is C14H22N2O3S2. The molecule has 1 aliphatic heterocycles. The predicted molar refractivity (Wildman–Crippen MR) is 86.4 cm³/mol.